The number of hydrogen-bond acceptors (Lipinski definition) is 3. The van der Waals surface area contributed by atoms with Gasteiger partial charge in [-0.05, 0) is 25.0 Å². The molecule has 1 aliphatic rings. The molecule has 0 aliphatic heterocycles. The number of benzene rings is 2. The number of para-hydroxylation sites is 1. The molecule has 2 amide bonds. The number of hydrogen-bond donors (Lipinski definition) is 2. The molecule has 4 rings (SSSR count). The van der Waals surface area contributed by atoms with Crippen LogP contribution in [-0.2, 0) is 16.6 Å². The van der Waals surface area contributed by atoms with Gasteiger partial charge in [-0.25, -0.2) is 0 Å². The third kappa shape index (κ3) is 3.63. The lowest BCUT2D eigenvalue weighted by atomic mass is 10.0. The van der Waals surface area contributed by atoms with E-state index in [0.29, 0.717) is 5.56 Å². The van der Waals surface area contributed by atoms with Gasteiger partial charge in [-0.2, -0.15) is 0 Å². The summed E-state index contributed by atoms with van der Waals surface area (Å²) in [4.78, 5) is 25.3. The van der Waals surface area contributed by atoms with Gasteiger partial charge in [0, 0.05) is 25.1 Å². The van der Waals surface area contributed by atoms with Gasteiger partial charge >= 0.3 is 0 Å². The zero-order valence-electron chi connectivity index (χ0n) is 16.8. The Bertz CT molecular complexity index is 1060. The van der Waals surface area contributed by atoms with Crippen LogP contribution in [0, 0.1) is 0 Å². The molecule has 6 heteroatoms. The molecule has 1 unspecified atom stereocenters. The maximum Gasteiger partial charge on any atom is 0.254 e. The molecular formula is C23H25N3O3. The van der Waals surface area contributed by atoms with Crippen molar-refractivity contribution < 1.29 is 14.3 Å². The molecule has 3 atom stereocenters. The van der Waals surface area contributed by atoms with E-state index in [4.69, 9.17) is 4.74 Å². The van der Waals surface area contributed by atoms with Crippen molar-refractivity contribution in [3.8, 4) is 11.3 Å². The Morgan fingerprint density at radius 2 is 1.69 bits per heavy atom. The van der Waals surface area contributed by atoms with Gasteiger partial charge in [-0.1, -0.05) is 48.5 Å². The summed E-state index contributed by atoms with van der Waals surface area (Å²) in [6, 6.07) is 17.7. The largest absolute Gasteiger partial charge is 0.372 e. The highest BCUT2D eigenvalue weighted by Crippen LogP contribution is 2.33. The van der Waals surface area contributed by atoms with Crippen molar-refractivity contribution >= 4 is 22.7 Å². The Kier molecular flexibility index (Phi) is 5.11. The molecule has 3 aromatic rings. The van der Waals surface area contributed by atoms with Crippen molar-refractivity contribution in [3.63, 3.8) is 0 Å². The summed E-state index contributed by atoms with van der Waals surface area (Å²) in [5, 5.41) is 6.92. The van der Waals surface area contributed by atoms with Crippen LogP contribution in [0.4, 0.5) is 0 Å². The minimum absolute atomic E-state index is 0.0563. The molecule has 2 aromatic carbocycles. The van der Waals surface area contributed by atoms with E-state index in [9.17, 15) is 9.59 Å². The van der Waals surface area contributed by atoms with E-state index in [1.807, 2.05) is 61.6 Å². The molecule has 2 N–H and O–H groups in total. The molecule has 1 aromatic heterocycles. The quantitative estimate of drug-likeness (QED) is 0.679. The smallest absolute Gasteiger partial charge is 0.254 e. The molecule has 1 heterocycles. The first-order valence-electron chi connectivity index (χ1n) is 9.78. The molecular weight excluding hydrogens is 366 g/mol. The van der Waals surface area contributed by atoms with Crippen molar-refractivity contribution in [2.45, 2.75) is 31.5 Å². The molecule has 0 spiro atoms. The van der Waals surface area contributed by atoms with Crippen molar-refractivity contribution in [1.82, 2.24) is 15.2 Å². The zero-order chi connectivity index (χ0) is 20.5. The summed E-state index contributed by atoms with van der Waals surface area (Å²) in [7, 11) is 3.48. The van der Waals surface area contributed by atoms with Crippen molar-refractivity contribution in [2.75, 3.05) is 7.11 Å². The summed E-state index contributed by atoms with van der Waals surface area (Å²) in [6.07, 6.45) is 0.217. The first-order chi connectivity index (χ1) is 14.0. The molecule has 0 saturated heterocycles. The second-order valence-corrected chi connectivity index (χ2v) is 7.47. The van der Waals surface area contributed by atoms with Gasteiger partial charge < -0.3 is 19.9 Å². The number of aromatic nitrogens is 1. The first-order valence-corrected chi connectivity index (χ1v) is 9.78. The lowest BCUT2D eigenvalue weighted by molar-refractivity contribution is -0.130. The zero-order valence-corrected chi connectivity index (χ0v) is 16.8. The van der Waals surface area contributed by atoms with E-state index in [1.165, 1.54) is 7.11 Å². The van der Waals surface area contributed by atoms with E-state index in [1.54, 1.807) is 6.92 Å². The Morgan fingerprint density at radius 3 is 2.41 bits per heavy atom. The molecule has 0 bridgehead atoms. The number of fused-ring (bicyclic) bond motifs is 1. The highest BCUT2D eigenvalue weighted by atomic mass is 16.5. The number of rotatable bonds is 6. The second-order valence-electron chi connectivity index (χ2n) is 7.47. The van der Waals surface area contributed by atoms with Gasteiger partial charge in [0.15, 0.2) is 0 Å². The number of ether oxygens (including phenoxy) is 1. The number of nitrogens with zero attached hydrogens (tertiary/aromatic N) is 1. The van der Waals surface area contributed by atoms with E-state index in [0.717, 1.165) is 28.6 Å². The highest BCUT2D eigenvalue weighted by molar-refractivity contribution is 6.13. The van der Waals surface area contributed by atoms with Gasteiger partial charge in [0.1, 0.15) is 6.10 Å². The third-order valence-corrected chi connectivity index (χ3v) is 5.54. The third-order valence-electron chi connectivity index (χ3n) is 5.54. The highest BCUT2D eigenvalue weighted by Gasteiger charge is 2.41. The normalized spacial score (nSPS) is 19.0. The number of carbonyl (C=O) groups excluding carboxylic acids is 2. The van der Waals surface area contributed by atoms with Crippen molar-refractivity contribution in [1.29, 1.82) is 0 Å². The van der Waals surface area contributed by atoms with Crippen LogP contribution in [0.5, 0.6) is 0 Å². The van der Waals surface area contributed by atoms with Gasteiger partial charge in [0.2, 0.25) is 5.91 Å². The molecule has 29 heavy (non-hydrogen) atoms. The van der Waals surface area contributed by atoms with Gasteiger partial charge in [0.25, 0.3) is 5.91 Å². The number of methoxy groups -OCH3 is 1. The van der Waals surface area contributed by atoms with Gasteiger partial charge in [-0.3, -0.25) is 9.59 Å². The van der Waals surface area contributed by atoms with Crippen LogP contribution < -0.4 is 10.6 Å². The molecule has 150 valence electrons. The van der Waals surface area contributed by atoms with Crippen LogP contribution in [0.3, 0.4) is 0 Å². The summed E-state index contributed by atoms with van der Waals surface area (Å²) in [6.45, 7) is 1.70. The lowest BCUT2D eigenvalue weighted by Crippen LogP contribution is -2.39. The Hall–Kier alpha value is -3.12. The molecule has 0 radical (unpaired) electrons. The summed E-state index contributed by atoms with van der Waals surface area (Å²) >= 11 is 0. The first kappa shape index (κ1) is 19.2. The predicted octanol–water partition coefficient (Wildman–Crippen LogP) is 2.87. The topological polar surface area (TPSA) is 72.4 Å². The number of nitrogens with one attached hydrogen (secondary N) is 2. The average molecular weight is 391 g/mol. The van der Waals surface area contributed by atoms with Crippen LogP contribution >= 0.6 is 0 Å². The van der Waals surface area contributed by atoms with Gasteiger partial charge in [0.05, 0.1) is 23.3 Å². The second kappa shape index (κ2) is 7.72. The summed E-state index contributed by atoms with van der Waals surface area (Å²) in [5.41, 5.74) is 3.55. The van der Waals surface area contributed by atoms with E-state index in [-0.39, 0.29) is 23.9 Å². The number of amides is 2. The fourth-order valence-electron chi connectivity index (χ4n) is 3.72. The van der Waals surface area contributed by atoms with Crippen molar-refractivity contribution in [2.24, 2.45) is 7.05 Å². The SMILES string of the molecule is COC(C)C(=O)N[C@@H]1C[C@H]1NC(=O)c1c(-c2ccccc2)n(C)c2ccccc12. The number of carbonyl (C=O) groups is 2. The maximum absolute atomic E-state index is 13.3. The summed E-state index contributed by atoms with van der Waals surface area (Å²) < 4.78 is 7.10. The van der Waals surface area contributed by atoms with Crippen molar-refractivity contribution in [3.05, 3.63) is 60.2 Å². The van der Waals surface area contributed by atoms with Crippen LogP contribution in [0.15, 0.2) is 54.6 Å². The molecule has 1 saturated carbocycles. The Morgan fingerprint density at radius 1 is 1.03 bits per heavy atom. The standard InChI is InChI=1S/C23H25N3O3/c1-14(29-3)22(27)24-17-13-18(17)25-23(28)20-16-11-7-8-12-19(16)26(2)21(20)15-9-5-4-6-10-15/h4-12,14,17-18H,13H2,1-3H3,(H,24,27)(H,25,28)/t14?,17-,18-/m1/s1. The fraction of sp³-hybridized carbons (Fsp3) is 0.304. The van der Waals surface area contributed by atoms with Crippen LogP contribution in [0.2, 0.25) is 0 Å². The van der Waals surface area contributed by atoms with Crippen LogP contribution in [-0.4, -0.2) is 41.7 Å². The lowest BCUT2D eigenvalue weighted by Gasteiger charge is -2.11. The molecule has 6 nitrogen and oxygen atoms in total. The fourth-order valence-corrected chi connectivity index (χ4v) is 3.72. The molecule has 1 aliphatic carbocycles. The van der Waals surface area contributed by atoms with Crippen LogP contribution in [0.25, 0.3) is 22.2 Å². The maximum atomic E-state index is 13.3. The van der Waals surface area contributed by atoms with E-state index in [2.05, 4.69) is 15.2 Å². The Balaban J connectivity index is 1.61. The van der Waals surface area contributed by atoms with E-state index >= 15 is 0 Å². The number of aryl methyl sites for hydroxylation is 1. The molecule has 1 fully saturated rings. The van der Waals surface area contributed by atoms with E-state index < -0.39 is 6.10 Å². The average Bonchev–Trinajstić information content (AvgIpc) is 3.39. The Labute approximate surface area is 169 Å². The van der Waals surface area contributed by atoms with Gasteiger partial charge in [-0.15, -0.1) is 0 Å². The minimum atomic E-state index is -0.505. The predicted molar refractivity (Wildman–Crippen MR) is 113 cm³/mol. The minimum Gasteiger partial charge on any atom is -0.372 e. The van der Waals surface area contributed by atoms with Crippen LogP contribution in [0.1, 0.15) is 23.7 Å². The summed E-state index contributed by atoms with van der Waals surface area (Å²) in [5.74, 6) is -0.286. The monoisotopic (exact) mass is 391 g/mol.